The van der Waals surface area contributed by atoms with Gasteiger partial charge in [-0.1, -0.05) is 12.1 Å². The third-order valence-corrected chi connectivity index (χ3v) is 7.77. The molecule has 0 aliphatic heterocycles. The lowest BCUT2D eigenvalue weighted by molar-refractivity contribution is 0.141. The van der Waals surface area contributed by atoms with Crippen LogP contribution in [0.4, 0.5) is 0 Å². The predicted octanol–water partition coefficient (Wildman–Crippen LogP) is 0.614. The molecule has 1 aromatic carbocycles. The Kier molecular flexibility index (Phi) is 0.189. The zero-order chi connectivity index (χ0) is 8.72. The molecule has 2 nitrogen and oxygen atoms in total. The number of hydrogen-bond donors (Lipinski definition) is 2. The number of rotatable bonds is 0. The molecule has 10 aliphatic carbocycles. The second-order valence-corrected chi connectivity index (χ2v) is 6.36. The minimum absolute atomic E-state index is 0.211. The van der Waals surface area contributed by atoms with E-state index in [1.807, 2.05) is 0 Å². The summed E-state index contributed by atoms with van der Waals surface area (Å²) in [5.41, 5.74) is 5.77. The average molecular weight is 180 g/mol. The van der Waals surface area contributed by atoms with Gasteiger partial charge in [0.25, 0.3) is 0 Å². The lowest BCUT2D eigenvalue weighted by Crippen LogP contribution is -2.43. The Labute approximate surface area is 78.2 Å². The summed E-state index contributed by atoms with van der Waals surface area (Å²) >= 11 is 0. The van der Waals surface area contributed by atoms with Crippen LogP contribution < -0.4 is 0 Å². The number of phenols is 2. The van der Waals surface area contributed by atoms with Crippen LogP contribution in [0.1, 0.15) is 11.1 Å². The van der Waals surface area contributed by atoms with E-state index in [0.717, 1.165) is 22.0 Å². The fraction of sp³-hybridized carbons (Fsp3) is 0.500. The molecule has 4 bridgehead atoms. The van der Waals surface area contributed by atoms with Crippen LogP contribution in [0, 0.1) is 21.7 Å². The molecule has 11 rings (SSSR count). The summed E-state index contributed by atoms with van der Waals surface area (Å²) in [7, 11) is 0. The van der Waals surface area contributed by atoms with Crippen LogP contribution in [0.25, 0.3) is 0 Å². The first-order valence-corrected chi connectivity index (χ1v) is 5.36. The van der Waals surface area contributed by atoms with Gasteiger partial charge in [-0.2, -0.15) is 0 Å². The fourth-order valence-electron chi connectivity index (χ4n) is 8.52. The van der Waals surface area contributed by atoms with E-state index in [9.17, 15) is 10.2 Å². The van der Waals surface area contributed by atoms with Crippen LogP contribution in [0.2, 0.25) is 0 Å². The molecule has 0 radical (unpaired) electrons. The maximum Gasteiger partial charge on any atom is 0.161 e. The molecule has 0 atom stereocenters. The summed E-state index contributed by atoms with van der Waals surface area (Å²) in [6, 6.07) is 4.14. The monoisotopic (exact) mass is 180 g/mol. The van der Waals surface area contributed by atoms with E-state index < -0.39 is 0 Å². The summed E-state index contributed by atoms with van der Waals surface area (Å²) in [5.74, 6) is 0.422. The lowest BCUT2D eigenvalue weighted by Gasteiger charge is -2.40. The molecule has 64 valence electrons. The molecule has 6 saturated carbocycles. The Balaban J connectivity index is 1.84. The molecule has 1 aromatic rings. The molecular weight excluding hydrogens is 176 g/mol. The Hall–Kier alpha value is -1.18. The van der Waals surface area contributed by atoms with Gasteiger partial charge in [-0.15, -0.1) is 0 Å². The van der Waals surface area contributed by atoms with Gasteiger partial charge in [0.05, 0.1) is 0 Å². The Bertz CT molecular complexity index is 658. The van der Waals surface area contributed by atoms with Crippen LogP contribution in [-0.4, -0.2) is 10.2 Å². The van der Waals surface area contributed by atoms with Crippen molar-refractivity contribution in [2.24, 2.45) is 21.7 Å². The van der Waals surface area contributed by atoms with Crippen molar-refractivity contribution in [1.82, 2.24) is 0 Å². The van der Waals surface area contributed by atoms with Gasteiger partial charge in [0.1, 0.15) is 0 Å². The molecule has 0 heterocycles. The van der Waals surface area contributed by atoms with Crippen molar-refractivity contribution in [1.29, 1.82) is 0 Å². The molecule has 0 unspecified atom stereocenters. The van der Waals surface area contributed by atoms with Crippen molar-refractivity contribution in [2.45, 2.75) is 10.8 Å². The number of aromatic hydroxyl groups is 2. The van der Waals surface area contributed by atoms with E-state index in [1.165, 1.54) is 0 Å². The van der Waals surface area contributed by atoms with E-state index in [1.54, 1.807) is 0 Å². The van der Waals surface area contributed by atoms with Gasteiger partial charge in [-0.25, -0.2) is 0 Å². The highest BCUT2D eigenvalue weighted by Crippen LogP contribution is 3.77. The lowest BCUT2D eigenvalue weighted by atomic mass is 9.60. The standard InChI is InChI=1S/C12H4O2/c13-5-3-1-2-4(6(5)14)8-9-7(3)10(8)11(7,9)12(8,9)10/h1-2,13-14H. The Morgan fingerprint density at radius 3 is 1.57 bits per heavy atom. The number of hydrogen-bond acceptors (Lipinski definition) is 2. The van der Waals surface area contributed by atoms with Crippen molar-refractivity contribution >= 4 is 0 Å². The molecule has 2 heteroatoms. The molecular formula is C12H4O2. The van der Waals surface area contributed by atoms with Crippen LogP contribution in [0.3, 0.4) is 0 Å². The maximum absolute atomic E-state index is 9.92. The minimum atomic E-state index is 0.211. The minimum Gasteiger partial charge on any atom is -0.504 e. The van der Waals surface area contributed by atoms with E-state index >= 15 is 0 Å². The van der Waals surface area contributed by atoms with Crippen LogP contribution in [-0.2, 0) is 10.8 Å². The summed E-state index contributed by atoms with van der Waals surface area (Å²) < 4.78 is 0. The van der Waals surface area contributed by atoms with Gasteiger partial charge in [0.2, 0.25) is 0 Å². The summed E-state index contributed by atoms with van der Waals surface area (Å²) in [6.45, 7) is 0. The molecule has 6 fully saturated rings. The van der Waals surface area contributed by atoms with Crippen molar-refractivity contribution in [2.75, 3.05) is 0 Å². The SMILES string of the molecule is Oc1c2ccc(c1O)C13C45C26C12C64C352. The quantitative estimate of drug-likeness (QED) is 0.574. The second-order valence-electron chi connectivity index (χ2n) is 6.36. The van der Waals surface area contributed by atoms with Gasteiger partial charge in [0.15, 0.2) is 11.5 Å². The van der Waals surface area contributed by atoms with Crippen LogP contribution in [0.15, 0.2) is 12.1 Å². The fourth-order valence-corrected chi connectivity index (χ4v) is 8.52. The third-order valence-electron chi connectivity index (χ3n) is 7.77. The first-order valence-electron chi connectivity index (χ1n) is 5.36. The predicted molar refractivity (Wildman–Crippen MR) is 42.9 cm³/mol. The normalized spacial score (nSPS) is 88.9. The molecule has 0 saturated heterocycles. The first kappa shape index (κ1) is 4.56. The van der Waals surface area contributed by atoms with Gasteiger partial charge in [0, 0.05) is 43.6 Å². The molecule has 10 aliphatic rings. The Morgan fingerprint density at radius 2 is 1.14 bits per heavy atom. The second kappa shape index (κ2) is 0.581. The van der Waals surface area contributed by atoms with Crippen LogP contribution in [0.5, 0.6) is 11.5 Å². The zero-order valence-electron chi connectivity index (χ0n) is 7.05. The van der Waals surface area contributed by atoms with Crippen molar-refractivity contribution < 1.29 is 10.2 Å². The maximum atomic E-state index is 9.92. The molecule has 2 N–H and O–H groups in total. The van der Waals surface area contributed by atoms with Gasteiger partial charge in [-0.3, -0.25) is 0 Å². The highest BCUT2D eigenvalue weighted by molar-refractivity contribution is 6.32. The molecule has 0 aromatic heterocycles. The van der Waals surface area contributed by atoms with Crippen molar-refractivity contribution in [3.63, 3.8) is 0 Å². The third kappa shape index (κ3) is 0.0791. The van der Waals surface area contributed by atoms with E-state index in [2.05, 4.69) is 12.1 Å². The average Bonchev–Trinajstić information content (AvgIpc) is 2.88. The van der Waals surface area contributed by atoms with Gasteiger partial charge >= 0.3 is 0 Å². The number of phenolic OH excluding ortho intramolecular Hbond substituents is 2. The topological polar surface area (TPSA) is 40.5 Å². The number of benzene rings is 1. The summed E-state index contributed by atoms with van der Waals surface area (Å²) in [5, 5.41) is 19.8. The molecule has 14 heavy (non-hydrogen) atoms. The summed E-state index contributed by atoms with van der Waals surface area (Å²) in [6.07, 6.45) is 0. The largest absolute Gasteiger partial charge is 0.504 e. The van der Waals surface area contributed by atoms with E-state index in [0.29, 0.717) is 21.7 Å². The Morgan fingerprint density at radius 1 is 0.714 bits per heavy atom. The van der Waals surface area contributed by atoms with Crippen molar-refractivity contribution in [3.05, 3.63) is 23.3 Å². The summed E-state index contributed by atoms with van der Waals surface area (Å²) in [4.78, 5) is 0. The van der Waals surface area contributed by atoms with E-state index in [-0.39, 0.29) is 11.5 Å². The molecule has 6 spiro atoms. The molecule has 0 amide bonds. The van der Waals surface area contributed by atoms with E-state index in [4.69, 9.17) is 0 Å². The first-order chi connectivity index (χ1) is 6.80. The smallest absolute Gasteiger partial charge is 0.161 e. The van der Waals surface area contributed by atoms with Crippen LogP contribution >= 0.6 is 0 Å². The van der Waals surface area contributed by atoms with Gasteiger partial charge < -0.3 is 10.2 Å². The highest BCUT2D eigenvalue weighted by Gasteiger charge is 3.80. The highest BCUT2D eigenvalue weighted by atomic mass is 16.3. The van der Waals surface area contributed by atoms with Crippen molar-refractivity contribution in [3.8, 4) is 11.5 Å². The van der Waals surface area contributed by atoms with Gasteiger partial charge in [-0.05, 0) is 0 Å². The zero-order valence-corrected chi connectivity index (χ0v) is 7.05.